The Balaban J connectivity index is 0.000000615. The fraction of sp³-hybridized carbons (Fsp3) is 0.667. The molecule has 1 unspecified atom stereocenters. The van der Waals surface area contributed by atoms with Gasteiger partial charge in [-0.1, -0.05) is 39.8 Å². The van der Waals surface area contributed by atoms with Gasteiger partial charge in [0.2, 0.25) is 0 Å². The zero-order chi connectivity index (χ0) is 17.3. The molecule has 0 bridgehead atoms. The number of nitrogens with zero attached hydrogens (tertiary/aromatic N) is 1. The first-order valence-corrected chi connectivity index (χ1v) is 9.91. The Morgan fingerprint density at radius 3 is 2.26 bits per heavy atom. The van der Waals surface area contributed by atoms with Crippen LogP contribution in [-0.2, 0) is 17.6 Å². The molecule has 1 atom stereocenters. The molecule has 132 valence electrons. The van der Waals surface area contributed by atoms with Crippen molar-refractivity contribution >= 4 is 11.1 Å². The molecule has 1 spiro atoms. The van der Waals surface area contributed by atoms with E-state index >= 15 is 0 Å². The Kier molecular flexibility index (Phi) is 8.99. The molecule has 2 heterocycles. The van der Waals surface area contributed by atoms with Gasteiger partial charge in [-0.3, -0.25) is 4.90 Å². The van der Waals surface area contributed by atoms with Gasteiger partial charge in [0, 0.05) is 19.6 Å². The Morgan fingerprint density at radius 1 is 1.17 bits per heavy atom. The molecule has 2 aliphatic heterocycles. The molecular weight excluding hydrogens is 308 g/mol. The second-order valence-electron chi connectivity index (χ2n) is 5.78. The number of likely N-dealkylation sites (tertiary alicyclic amines) is 1. The highest BCUT2D eigenvalue weighted by Crippen LogP contribution is 2.35. The molecule has 2 fully saturated rings. The van der Waals surface area contributed by atoms with Crippen LogP contribution < -0.4 is 5.32 Å². The summed E-state index contributed by atoms with van der Waals surface area (Å²) in [4.78, 5) is 2.94. The molecule has 0 radical (unpaired) electrons. The van der Waals surface area contributed by atoms with Gasteiger partial charge in [-0.05, 0) is 49.0 Å². The van der Waals surface area contributed by atoms with Crippen LogP contribution in [0.1, 0.15) is 46.1 Å². The molecule has 0 amide bonds. The van der Waals surface area contributed by atoms with E-state index in [9.17, 15) is 4.21 Å². The highest BCUT2D eigenvalue weighted by atomic mass is 32.2. The van der Waals surface area contributed by atoms with Crippen molar-refractivity contribution in [1.29, 1.82) is 0 Å². The highest BCUT2D eigenvalue weighted by Gasteiger charge is 2.39. The molecule has 2 saturated heterocycles. The van der Waals surface area contributed by atoms with Crippen molar-refractivity contribution in [1.82, 2.24) is 10.2 Å². The molecular formula is C18H32N2O2S. The number of benzene rings is 1. The largest absolute Gasteiger partial charge is 0.316 e. The first-order chi connectivity index (χ1) is 11.2. The van der Waals surface area contributed by atoms with Crippen molar-refractivity contribution in [2.75, 3.05) is 26.2 Å². The minimum atomic E-state index is -1.88. The number of rotatable bonds is 3. The first kappa shape index (κ1) is 20.3. The van der Waals surface area contributed by atoms with Crippen LogP contribution in [0.3, 0.4) is 0 Å². The van der Waals surface area contributed by atoms with Crippen LogP contribution in [0, 0.1) is 5.41 Å². The van der Waals surface area contributed by atoms with Gasteiger partial charge in [0.1, 0.15) is 0 Å². The van der Waals surface area contributed by atoms with Crippen LogP contribution >= 0.6 is 0 Å². The fourth-order valence-electron chi connectivity index (χ4n) is 3.03. The minimum Gasteiger partial charge on any atom is -0.316 e. The Morgan fingerprint density at radius 2 is 1.78 bits per heavy atom. The molecule has 0 aromatic heterocycles. The van der Waals surface area contributed by atoms with E-state index in [1.54, 1.807) is 6.07 Å². The Bertz CT molecular complexity index is 480. The Labute approximate surface area is 143 Å². The number of hydrogen-bond donors (Lipinski definition) is 2. The zero-order valence-electron chi connectivity index (χ0n) is 15.0. The molecule has 1 aromatic carbocycles. The van der Waals surface area contributed by atoms with Gasteiger partial charge < -0.3 is 9.87 Å². The van der Waals surface area contributed by atoms with Crippen LogP contribution in [0.2, 0.25) is 0 Å². The maximum Gasteiger partial charge on any atom is 0.186 e. The lowest BCUT2D eigenvalue weighted by Gasteiger charge is -2.48. The van der Waals surface area contributed by atoms with Gasteiger partial charge in [-0.25, -0.2) is 4.21 Å². The summed E-state index contributed by atoms with van der Waals surface area (Å²) in [5.74, 6) is 0. The van der Waals surface area contributed by atoms with Crippen molar-refractivity contribution in [3.63, 3.8) is 0 Å². The topological polar surface area (TPSA) is 52.6 Å². The molecule has 23 heavy (non-hydrogen) atoms. The Hall–Kier alpha value is -0.750. The van der Waals surface area contributed by atoms with Crippen LogP contribution in [0.4, 0.5) is 0 Å². The van der Waals surface area contributed by atoms with Crippen molar-refractivity contribution in [3.8, 4) is 0 Å². The molecule has 4 nitrogen and oxygen atoms in total. The van der Waals surface area contributed by atoms with Gasteiger partial charge in [0.25, 0.3) is 0 Å². The second-order valence-corrected chi connectivity index (χ2v) is 6.75. The van der Waals surface area contributed by atoms with Gasteiger partial charge in [-0.15, -0.1) is 0 Å². The molecule has 1 aromatic rings. The normalized spacial score (nSPS) is 20.4. The van der Waals surface area contributed by atoms with Crippen molar-refractivity contribution in [3.05, 3.63) is 29.8 Å². The fourth-order valence-corrected chi connectivity index (χ4v) is 3.48. The molecule has 3 rings (SSSR count). The highest BCUT2D eigenvalue weighted by molar-refractivity contribution is 7.79. The van der Waals surface area contributed by atoms with E-state index in [4.69, 9.17) is 4.55 Å². The van der Waals surface area contributed by atoms with Gasteiger partial charge in [-0.2, -0.15) is 0 Å². The van der Waals surface area contributed by atoms with E-state index in [2.05, 4.69) is 10.2 Å². The monoisotopic (exact) mass is 340 g/mol. The lowest BCUT2D eigenvalue weighted by atomic mass is 9.73. The summed E-state index contributed by atoms with van der Waals surface area (Å²) >= 11 is -1.88. The lowest BCUT2D eigenvalue weighted by molar-refractivity contribution is 0.0520. The summed E-state index contributed by atoms with van der Waals surface area (Å²) in [5.41, 5.74) is 1.70. The van der Waals surface area contributed by atoms with Crippen molar-refractivity contribution in [2.45, 2.75) is 52.0 Å². The summed E-state index contributed by atoms with van der Waals surface area (Å²) < 4.78 is 20.2. The van der Waals surface area contributed by atoms with E-state index in [0.29, 0.717) is 10.3 Å². The third-order valence-electron chi connectivity index (χ3n) is 4.42. The van der Waals surface area contributed by atoms with Crippen LogP contribution in [0.15, 0.2) is 29.2 Å². The third kappa shape index (κ3) is 5.68. The summed E-state index contributed by atoms with van der Waals surface area (Å²) in [6.45, 7) is 13.5. The summed E-state index contributed by atoms with van der Waals surface area (Å²) in [5, 5.41) is 3.38. The average molecular weight is 341 g/mol. The van der Waals surface area contributed by atoms with Crippen LogP contribution in [0.25, 0.3) is 0 Å². The summed E-state index contributed by atoms with van der Waals surface area (Å²) in [6.07, 6.45) is 2.54. The molecule has 5 heteroatoms. The number of piperidine rings is 1. The van der Waals surface area contributed by atoms with E-state index in [-0.39, 0.29) is 0 Å². The summed E-state index contributed by atoms with van der Waals surface area (Å²) in [7, 11) is 0. The van der Waals surface area contributed by atoms with E-state index in [0.717, 1.165) is 25.2 Å². The van der Waals surface area contributed by atoms with Gasteiger partial charge >= 0.3 is 0 Å². The number of hydrogen-bond acceptors (Lipinski definition) is 3. The van der Waals surface area contributed by atoms with E-state index in [1.807, 2.05) is 45.9 Å². The lowest BCUT2D eigenvalue weighted by Crippen LogP contribution is -2.58. The quantitative estimate of drug-likeness (QED) is 0.827. The maximum absolute atomic E-state index is 11.1. The molecule has 2 aliphatic rings. The van der Waals surface area contributed by atoms with Crippen molar-refractivity contribution < 1.29 is 8.76 Å². The first-order valence-electron chi connectivity index (χ1n) is 8.80. The SMILES string of the molecule is CC.CC.O=S(O)c1cccc(CN2CCC3(CC2)CNC3)c1. The van der Waals surface area contributed by atoms with Crippen LogP contribution in [-0.4, -0.2) is 39.8 Å². The van der Waals surface area contributed by atoms with Crippen LogP contribution in [0.5, 0.6) is 0 Å². The maximum atomic E-state index is 11.1. The number of nitrogens with one attached hydrogen (secondary N) is 1. The zero-order valence-corrected chi connectivity index (χ0v) is 15.8. The van der Waals surface area contributed by atoms with Gasteiger partial charge in [0.15, 0.2) is 11.1 Å². The molecule has 0 aliphatic carbocycles. The van der Waals surface area contributed by atoms with Gasteiger partial charge in [0.05, 0.1) is 4.90 Å². The predicted molar refractivity (Wildman–Crippen MR) is 98.0 cm³/mol. The minimum absolute atomic E-state index is 0.495. The van der Waals surface area contributed by atoms with Crippen molar-refractivity contribution in [2.24, 2.45) is 5.41 Å². The molecule has 2 N–H and O–H groups in total. The van der Waals surface area contributed by atoms with E-state index < -0.39 is 11.1 Å². The second kappa shape index (κ2) is 10.2. The summed E-state index contributed by atoms with van der Waals surface area (Å²) in [6, 6.07) is 7.43. The average Bonchev–Trinajstić information content (AvgIpc) is 2.58. The van der Waals surface area contributed by atoms with E-state index in [1.165, 1.54) is 25.9 Å². The third-order valence-corrected chi connectivity index (χ3v) is 5.08. The standard InChI is InChI=1S/C14H20N2O2S.2C2H6/c17-19(18)13-3-1-2-12(8-13)9-16-6-4-14(5-7-16)10-15-11-14;2*1-2/h1-3,8,15H,4-7,9-11H2,(H,17,18);2*1-2H3. The smallest absolute Gasteiger partial charge is 0.186 e. The predicted octanol–water partition coefficient (Wildman–Crippen LogP) is 3.51. The molecule has 0 saturated carbocycles.